The second kappa shape index (κ2) is 9.00. The summed E-state index contributed by atoms with van der Waals surface area (Å²) in [5.41, 5.74) is 3.09. The molecule has 168 valence electrons. The van der Waals surface area contributed by atoms with Gasteiger partial charge >= 0.3 is 0 Å². The maximum absolute atomic E-state index is 12.3. The summed E-state index contributed by atoms with van der Waals surface area (Å²) in [7, 11) is -3.50. The van der Waals surface area contributed by atoms with Gasteiger partial charge in [0, 0.05) is 24.5 Å². The molecule has 0 aromatic carbocycles. The lowest BCUT2D eigenvalue weighted by molar-refractivity contribution is 0.103. The van der Waals surface area contributed by atoms with Gasteiger partial charge in [0.2, 0.25) is 10.0 Å². The number of fused-ring (bicyclic) bond motifs is 1. The van der Waals surface area contributed by atoms with Crippen LogP contribution in [0.15, 0.2) is 30.6 Å². The number of thiazole rings is 1. The van der Waals surface area contributed by atoms with Gasteiger partial charge in [0.05, 0.1) is 29.5 Å². The van der Waals surface area contributed by atoms with Crippen LogP contribution in [0.4, 0.5) is 5.82 Å². The Bertz CT molecular complexity index is 1260. The van der Waals surface area contributed by atoms with Crippen molar-refractivity contribution in [1.29, 1.82) is 0 Å². The minimum Gasteiger partial charge on any atom is -0.375 e. The van der Waals surface area contributed by atoms with Gasteiger partial charge in [-0.05, 0) is 44.9 Å². The fraction of sp³-hybridized carbons (Fsp3) is 0.381. The molecule has 0 saturated heterocycles. The average Bonchev–Trinajstić information content (AvgIpc) is 3.14. The average molecular weight is 473 g/mol. The van der Waals surface area contributed by atoms with Crippen LogP contribution in [0.3, 0.4) is 0 Å². The van der Waals surface area contributed by atoms with Gasteiger partial charge in [-0.25, -0.2) is 18.4 Å². The molecule has 1 aliphatic rings. The Morgan fingerprint density at radius 2 is 2.09 bits per heavy atom. The SMILES string of the molecule is Cc1nc(-c2cccnc2)sc1-c1nnc2c(n1)/C(=C\COC(C)C)CCN2S(C)(=O)=O. The van der Waals surface area contributed by atoms with Crippen molar-refractivity contribution in [3.8, 4) is 21.3 Å². The molecule has 0 radical (unpaired) electrons. The number of hydrogen-bond donors (Lipinski definition) is 0. The molecule has 0 amide bonds. The summed E-state index contributed by atoms with van der Waals surface area (Å²) in [5.74, 6) is 0.660. The van der Waals surface area contributed by atoms with E-state index in [4.69, 9.17) is 9.72 Å². The van der Waals surface area contributed by atoms with E-state index in [2.05, 4.69) is 20.2 Å². The van der Waals surface area contributed by atoms with E-state index in [1.807, 2.05) is 39.0 Å². The van der Waals surface area contributed by atoms with Gasteiger partial charge in [0.25, 0.3) is 0 Å². The molecule has 11 heteroatoms. The molecule has 0 fully saturated rings. The third kappa shape index (κ3) is 4.69. The highest BCUT2D eigenvalue weighted by molar-refractivity contribution is 7.92. The summed E-state index contributed by atoms with van der Waals surface area (Å²) >= 11 is 1.45. The second-order valence-electron chi connectivity index (χ2n) is 7.68. The van der Waals surface area contributed by atoms with Gasteiger partial charge in [0.15, 0.2) is 11.6 Å². The molecule has 0 atom stereocenters. The molecular formula is C21H24N6O3S2. The standard InChI is InChI=1S/C21H24N6O3S2/c1-13(2)30-11-8-15-7-10-27(32(4,28)29)20-17(15)24-19(25-26-20)18-14(3)23-21(31-18)16-6-5-9-22-12-16/h5-6,8-9,12-13H,7,10-11H2,1-4H3/b15-8-. The Labute approximate surface area is 191 Å². The number of aromatic nitrogens is 5. The number of ether oxygens (including phenoxy) is 1. The molecule has 0 N–H and O–H groups in total. The zero-order chi connectivity index (χ0) is 22.9. The van der Waals surface area contributed by atoms with Gasteiger partial charge in [-0.1, -0.05) is 6.08 Å². The monoisotopic (exact) mass is 472 g/mol. The minimum atomic E-state index is -3.50. The summed E-state index contributed by atoms with van der Waals surface area (Å²) in [4.78, 5) is 14.3. The first-order chi connectivity index (χ1) is 15.2. The molecule has 9 nitrogen and oxygen atoms in total. The summed E-state index contributed by atoms with van der Waals surface area (Å²) in [6.45, 7) is 6.53. The Balaban J connectivity index is 1.78. The van der Waals surface area contributed by atoms with Crippen molar-refractivity contribution in [2.75, 3.05) is 23.7 Å². The maximum atomic E-state index is 12.3. The first-order valence-electron chi connectivity index (χ1n) is 10.2. The van der Waals surface area contributed by atoms with E-state index in [-0.39, 0.29) is 11.9 Å². The molecule has 0 aliphatic carbocycles. The summed E-state index contributed by atoms with van der Waals surface area (Å²) in [6.07, 6.45) is 7.18. The van der Waals surface area contributed by atoms with Crippen LogP contribution < -0.4 is 4.31 Å². The first-order valence-corrected chi connectivity index (χ1v) is 12.8. The quantitative estimate of drug-likeness (QED) is 0.537. The predicted octanol–water partition coefficient (Wildman–Crippen LogP) is 3.34. The van der Waals surface area contributed by atoms with Crippen LogP contribution in [0.25, 0.3) is 26.8 Å². The van der Waals surface area contributed by atoms with Crippen molar-refractivity contribution < 1.29 is 13.2 Å². The molecule has 4 rings (SSSR count). The minimum absolute atomic E-state index is 0.0901. The van der Waals surface area contributed by atoms with Crippen LogP contribution in [-0.4, -0.2) is 59.1 Å². The van der Waals surface area contributed by atoms with E-state index in [1.54, 1.807) is 12.4 Å². The van der Waals surface area contributed by atoms with Crippen LogP contribution in [-0.2, 0) is 14.8 Å². The molecule has 0 unspecified atom stereocenters. The molecule has 0 bridgehead atoms. The van der Waals surface area contributed by atoms with E-state index in [9.17, 15) is 8.42 Å². The summed E-state index contributed by atoms with van der Waals surface area (Å²) in [6, 6.07) is 3.80. The lowest BCUT2D eigenvalue weighted by Crippen LogP contribution is -2.36. The number of nitrogens with zero attached hydrogens (tertiary/aromatic N) is 6. The summed E-state index contributed by atoms with van der Waals surface area (Å²) < 4.78 is 31.5. The zero-order valence-electron chi connectivity index (χ0n) is 18.3. The van der Waals surface area contributed by atoms with Gasteiger partial charge < -0.3 is 4.74 Å². The molecule has 0 saturated carbocycles. The molecule has 32 heavy (non-hydrogen) atoms. The van der Waals surface area contributed by atoms with Crippen LogP contribution in [0.1, 0.15) is 31.7 Å². The molecule has 1 aliphatic heterocycles. The number of rotatable bonds is 6. The molecule has 0 spiro atoms. The lowest BCUT2D eigenvalue weighted by Gasteiger charge is -2.28. The summed E-state index contributed by atoms with van der Waals surface area (Å²) in [5, 5.41) is 9.36. The van der Waals surface area contributed by atoms with E-state index >= 15 is 0 Å². The highest BCUT2D eigenvalue weighted by atomic mass is 32.2. The number of aryl methyl sites for hydroxylation is 1. The van der Waals surface area contributed by atoms with Crippen LogP contribution >= 0.6 is 11.3 Å². The van der Waals surface area contributed by atoms with Gasteiger partial charge in [-0.15, -0.1) is 21.5 Å². The van der Waals surface area contributed by atoms with Crippen molar-refractivity contribution in [2.45, 2.75) is 33.3 Å². The molecule has 3 aromatic heterocycles. The van der Waals surface area contributed by atoms with Gasteiger partial charge in [-0.2, -0.15) is 0 Å². The van der Waals surface area contributed by atoms with Crippen LogP contribution in [0.2, 0.25) is 0 Å². The van der Waals surface area contributed by atoms with Crippen molar-refractivity contribution >= 4 is 32.8 Å². The highest BCUT2D eigenvalue weighted by Gasteiger charge is 2.31. The Morgan fingerprint density at radius 3 is 2.78 bits per heavy atom. The third-order valence-electron chi connectivity index (χ3n) is 4.86. The van der Waals surface area contributed by atoms with E-state index in [0.29, 0.717) is 31.1 Å². The van der Waals surface area contributed by atoms with Crippen molar-refractivity contribution in [2.24, 2.45) is 0 Å². The second-order valence-corrected chi connectivity index (χ2v) is 10.6. The fourth-order valence-corrected chi connectivity index (χ4v) is 5.17. The van der Waals surface area contributed by atoms with Crippen molar-refractivity contribution in [3.63, 3.8) is 0 Å². The number of sulfonamides is 1. The van der Waals surface area contributed by atoms with Crippen molar-refractivity contribution in [3.05, 3.63) is 42.0 Å². The van der Waals surface area contributed by atoms with Gasteiger partial charge in [0.1, 0.15) is 10.7 Å². The lowest BCUT2D eigenvalue weighted by atomic mass is 10.1. The molecule has 4 heterocycles. The molecule has 3 aromatic rings. The normalized spacial score (nSPS) is 15.4. The Kier molecular flexibility index (Phi) is 6.31. The first kappa shape index (κ1) is 22.4. The largest absolute Gasteiger partial charge is 0.375 e. The highest BCUT2D eigenvalue weighted by Crippen LogP contribution is 2.37. The van der Waals surface area contributed by atoms with Crippen molar-refractivity contribution in [1.82, 2.24) is 25.1 Å². The van der Waals surface area contributed by atoms with Crippen LogP contribution in [0, 0.1) is 6.92 Å². The smallest absolute Gasteiger partial charge is 0.233 e. The third-order valence-corrected chi connectivity index (χ3v) is 7.22. The number of pyridine rings is 1. The number of anilines is 1. The Hall–Kier alpha value is -2.76. The number of hydrogen-bond acceptors (Lipinski definition) is 9. The van der Waals surface area contributed by atoms with E-state index in [1.165, 1.54) is 15.6 Å². The van der Waals surface area contributed by atoms with Gasteiger partial charge in [-0.3, -0.25) is 9.29 Å². The topological polar surface area (TPSA) is 111 Å². The zero-order valence-corrected chi connectivity index (χ0v) is 19.9. The fourth-order valence-electron chi connectivity index (χ4n) is 3.33. The van der Waals surface area contributed by atoms with E-state index in [0.717, 1.165) is 33.0 Å². The Morgan fingerprint density at radius 1 is 1.28 bits per heavy atom. The predicted molar refractivity (Wildman–Crippen MR) is 125 cm³/mol. The van der Waals surface area contributed by atoms with Crippen LogP contribution in [0.5, 0.6) is 0 Å². The maximum Gasteiger partial charge on any atom is 0.233 e. The molecular weight excluding hydrogens is 448 g/mol. The van der Waals surface area contributed by atoms with E-state index < -0.39 is 10.0 Å².